The third-order valence-electron chi connectivity index (χ3n) is 3.11. The van der Waals surface area contributed by atoms with Gasteiger partial charge in [-0.1, -0.05) is 29.8 Å². The zero-order valence-electron chi connectivity index (χ0n) is 12.1. The van der Waals surface area contributed by atoms with E-state index in [-0.39, 0.29) is 10.6 Å². The van der Waals surface area contributed by atoms with Crippen LogP contribution in [-0.4, -0.2) is 19.4 Å². The molecule has 8 heteroatoms. The first-order valence-electron chi connectivity index (χ1n) is 6.44. The Morgan fingerprint density at radius 3 is 2.52 bits per heavy atom. The summed E-state index contributed by atoms with van der Waals surface area (Å²) in [6.07, 6.45) is 1.37. The summed E-state index contributed by atoms with van der Waals surface area (Å²) in [5, 5.41) is 20.0. The Morgan fingerprint density at radius 1 is 1.35 bits per heavy atom. The zero-order chi connectivity index (χ0) is 17.0. The summed E-state index contributed by atoms with van der Waals surface area (Å²) in [6.45, 7) is 1.58. The molecule has 0 bridgehead atoms. The molecule has 1 heterocycles. The van der Waals surface area contributed by atoms with Crippen LogP contribution in [0.3, 0.4) is 0 Å². The summed E-state index contributed by atoms with van der Waals surface area (Å²) in [7, 11) is -3.77. The van der Waals surface area contributed by atoms with Crippen LogP contribution in [0.1, 0.15) is 16.0 Å². The first-order valence-corrected chi connectivity index (χ1v) is 8.42. The number of alkyl halides is 1. The molecule has 0 fully saturated rings. The van der Waals surface area contributed by atoms with Crippen LogP contribution in [0.25, 0.3) is 5.70 Å². The molecule has 1 unspecified atom stereocenters. The molecule has 23 heavy (non-hydrogen) atoms. The minimum Gasteiger partial charge on any atom is -0.252 e. The lowest BCUT2D eigenvalue weighted by molar-refractivity contribution is -0.642. The highest BCUT2D eigenvalue weighted by atomic mass is 35.5. The van der Waals surface area contributed by atoms with Crippen LogP contribution in [0.5, 0.6) is 0 Å². The van der Waals surface area contributed by atoms with Crippen LogP contribution in [0.2, 0.25) is 0 Å². The average Bonchev–Trinajstić information content (AvgIpc) is 2.56. The maximum Gasteiger partial charge on any atom is 0.376 e. The largest absolute Gasteiger partial charge is 0.376 e. The van der Waals surface area contributed by atoms with Crippen LogP contribution in [0.15, 0.2) is 47.5 Å². The van der Waals surface area contributed by atoms with Gasteiger partial charge in [0.15, 0.2) is 20.6 Å². The second-order valence-corrected chi connectivity index (χ2v) is 7.29. The van der Waals surface area contributed by atoms with E-state index in [0.717, 1.165) is 4.68 Å². The summed E-state index contributed by atoms with van der Waals surface area (Å²) in [5.41, 5.74) is 0.542. The molecular weight excluding hydrogens is 336 g/mol. The van der Waals surface area contributed by atoms with E-state index in [1.807, 2.05) is 5.87 Å². The van der Waals surface area contributed by atoms with E-state index in [0.29, 0.717) is 11.3 Å². The van der Waals surface area contributed by atoms with Crippen LogP contribution < -0.4 is 4.68 Å². The number of sulfone groups is 1. The molecule has 1 atom stereocenters. The van der Waals surface area contributed by atoms with Gasteiger partial charge in [-0.25, -0.2) is 8.42 Å². The van der Waals surface area contributed by atoms with E-state index in [4.69, 9.17) is 22.3 Å². The molecule has 116 valence electrons. The average molecular weight is 348 g/mol. The van der Waals surface area contributed by atoms with Gasteiger partial charge in [-0.15, -0.1) is 0 Å². The Hall–Kier alpha value is -2.52. The number of hydrogen-bond acceptors (Lipinski definition) is 5. The predicted molar refractivity (Wildman–Crippen MR) is 84.4 cm³/mol. The number of hydrogen-bond donors (Lipinski definition) is 1. The van der Waals surface area contributed by atoms with E-state index < -0.39 is 14.5 Å². The van der Waals surface area contributed by atoms with Crippen molar-refractivity contribution >= 4 is 33.0 Å². The van der Waals surface area contributed by atoms with E-state index in [2.05, 4.69) is 5.10 Å². The quantitative estimate of drug-likeness (QED) is 0.396. The number of aryl methyl sites for hydroxylation is 1. The number of allylic oxidation sites excluding steroid dienone is 1. The van der Waals surface area contributed by atoms with Gasteiger partial charge >= 0.3 is 5.70 Å². The fourth-order valence-electron chi connectivity index (χ4n) is 1.92. The third kappa shape index (κ3) is 3.30. The molecule has 1 N–H and O–H groups in total. The number of aromatic nitrogens is 2. The Balaban J connectivity index is 2.47. The fourth-order valence-corrected chi connectivity index (χ4v) is 3.82. The molecule has 0 aliphatic heterocycles. The van der Waals surface area contributed by atoms with Crippen molar-refractivity contribution in [2.75, 3.05) is 0 Å². The molecule has 0 amide bonds. The smallest absolute Gasteiger partial charge is 0.252 e. The van der Waals surface area contributed by atoms with Crippen molar-refractivity contribution in [1.29, 1.82) is 10.7 Å². The highest BCUT2D eigenvalue weighted by Gasteiger charge is 2.30. The summed E-state index contributed by atoms with van der Waals surface area (Å²) < 4.78 is 24.9. The first-order chi connectivity index (χ1) is 10.9. The lowest BCUT2D eigenvalue weighted by atomic mass is 10.2. The molecule has 0 saturated heterocycles. The van der Waals surface area contributed by atoms with Gasteiger partial charge in [0.25, 0.3) is 0 Å². The number of nitrogens with zero attached hydrogens (tertiary/aromatic N) is 3. The maximum absolute atomic E-state index is 12.5. The van der Waals surface area contributed by atoms with Gasteiger partial charge in [0, 0.05) is 16.7 Å². The third-order valence-corrected chi connectivity index (χ3v) is 5.78. The lowest BCUT2D eigenvalue weighted by Crippen LogP contribution is -2.37. The van der Waals surface area contributed by atoms with Crippen LogP contribution in [0.4, 0.5) is 0 Å². The van der Waals surface area contributed by atoms with Crippen LogP contribution in [-0.2, 0) is 9.84 Å². The molecule has 2 rings (SSSR count). The molecule has 2 aromatic rings. The molecule has 0 aliphatic rings. The fraction of sp³-hybridized carbons (Fsp3) is 0.133. The highest BCUT2D eigenvalue weighted by molar-refractivity contribution is 7.92. The monoisotopic (exact) mass is 347 g/mol. The van der Waals surface area contributed by atoms with E-state index in [9.17, 15) is 8.42 Å². The number of nitrogens with one attached hydrogen (secondary N) is 1. The van der Waals surface area contributed by atoms with E-state index in [1.165, 1.54) is 24.4 Å². The van der Waals surface area contributed by atoms with Crippen molar-refractivity contribution in [2.24, 2.45) is 0 Å². The topological polar surface area (TPSA) is 98.5 Å². The lowest BCUT2D eigenvalue weighted by Gasteiger charge is -2.12. The van der Waals surface area contributed by atoms with Gasteiger partial charge in [0.1, 0.15) is 5.69 Å². The molecule has 0 radical (unpaired) electrons. The Bertz CT molecular complexity index is 930. The second kappa shape index (κ2) is 6.71. The number of nitriles is 1. The minimum atomic E-state index is -3.77. The zero-order valence-corrected chi connectivity index (χ0v) is 13.6. The van der Waals surface area contributed by atoms with Gasteiger partial charge in [-0.2, -0.15) is 5.26 Å². The van der Waals surface area contributed by atoms with Gasteiger partial charge in [0.05, 0.1) is 10.8 Å². The molecule has 6 nitrogen and oxygen atoms in total. The minimum absolute atomic E-state index is 0.114. The number of halogens is 1. The molecule has 1 aromatic carbocycles. The Morgan fingerprint density at radius 2 is 2.00 bits per heavy atom. The predicted octanol–water partition coefficient (Wildman–Crippen LogP) is 2.00. The van der Waals surface area contributed by atoms with Gasteiger partial charge in [-0.05, 0) is 23.7 Å². The Kier molecular flexibility index (Phi) is 4.92. The number of rotatable bonds is 4. The normalized spacial score (nSPS) is 12.0. The van der Waals surface area contributed by atoms with Crippen molar-refractivity contribution in [2.45, 2.75) is 16.5 Å². The maximum atomic E-state index is 12.5. The SMILES string of the molecule is Cc1n[n+](C(=C=N)C#N)ccc1C(Cl)S(=O)(=O)c1ccccc1. The summed E-state index contributed by atoms with van der Waals surface area (Å²) in [5.74, 6) is 1.95. The summed E-state index contributed by atoms with van der Waals surface area (Å²) in [6, 6.07) is 11.1. The standard InChI is InChI=1S/C15H12ClN4O2S/c1-11-14(7-8-20(19-11)12(9-17)10-18)15(16)23(21,22)13-5-3-2-4-6-13/h2-8,15,17H,1H3/q+1. The van der Waals surface area contributed by atoms with Crippen LogP contribution >= 0.6 is 11.6 Å². The first kappa shape index (κ1) is 16.8. The summed E-state index contributed by atoms with van der Waals surface area (Å²) in [4.78, 5) is 0.119. The highest BCUT2D eigenvalue weighted by Crippen LogP contribution is 2.33. The van der Waals surface area contributed by atoms with Crippen molar-refractivity contribution in [3.05, 3.63) is 53.9 Å². The molecule has 1 aromatic heterocycles. The van der Waals surface area contributed by atoms with E-state index in [1.54, 1.807) is 31.2 Å². The van der Waals surface area contributed by atoms with Crippen molar-refractivity contribution in [3.8, 4) is 6.07 Å². The molecule has 0 spiro atoms. The molecule has 0 saturated carbocycles. The molecular formula is C15H12ClN4O2S+. The van der Waals surface area contributed by atoms with Gasteiger partial charge in [-0.3, -0.25) is 5.41 Å². The van der Waals surface area contributed by atoms with Gasteiger partial charge < -0.3 is 0 Å². The number of benzene rings is 1. The molecule has 0 aliphatic carbocycles. The van der Waals surface area contributed by atoms with Crippen molar-refractivity contribution < 1.29 is 13.1 Å². The van der Waals surface area contributed by atoms with E-state index >= 15 is 0 Å². The summed E-state index contributed by atoms with van der Waals surface area (Å²) >= 11 is 6.18. The van der Waals surface area contributed by atoms with Crippen molar-refractivity contribution in [3.63, 3.8) is 0 Å². The van der Waals surface area contributed by atoms with Crippen LogP contribution in [0, 0.1) is 23.7 Å². The van der Waals surface area contributed by atoms with Crippen molar-refractivity contribution in [1.82, 2.24) is 5.10 Å². The van der Waals surface area contributed by atoms with Gasteiger partial charge in [0.2, 0.25) is 6.20 Å². The second-order valence-electron chi connectivity index (χ2n) is 4.56. The Labute approximate surface area is 138 Å².